The molecule has 0 unspecified atom stereocenters. The van der Waals surface area contributed by atoms with Crippen molar-refractivity contribution in [2.45, 2.75) is 0 Å². The second-order valence-electron chi connectivity index (χ2n) is 11.0. The Kier molecular flexibility index (Phi) is 4.45. The molecular formula is C42H26O. The zero-order chi connectivity index (χ0) is 31.8. The molecule has 43 heavy (non-hydrogen) atoms. The molecule has 0 spiro atoms. The van der Waals surface area contributed by atoms with E-state index in [0.29, 0.717) is 21.9 Å². The van der Waals surface area contributed by atoms with Crippen LogP contribution < -0.4 is 0 Å². The van der Waals surface area contributed by atoms with Crippen LogP contribution >= 0.6 is 0 Å². The fourth-order valence-corrected chi connectivity index (χ4v) is 6.70. The summed E-state index contributed by atoms with van der Waals surface area (Å²) in [4.78, 5) is 0. The second kappa shape index (κ2) is 9.44. The molecule has 8 aromatic carbocycles. The Bertz CT molecular complexity index is 2670. The molecule has 0 aliphatic carbocycles. The lowest BCUT2D eigenvalue weighted by atomic mass is 9.84. The number of hydrogen-bond acceptors (Lipinski definition) is 1. The van der Waals surface area contributed by atoms with E-state index in [0.717, 1.165) is 49.0 Å². The van der Waals surface area contributed by atoms with Gasteiger partial charge >= 0.3 is 0 Å². The molecule has 0 saturated carbocycles. The van der Waals surface area contributed by atoms with Gasteiger partial charge in [0.2, 0.25) is 0 Å². The maximum absolute atomic E-state index is 8.65. The van der Waals surface area contributed by atoms with Gasteiger partial charge in [0.1, 0.15) is 11.2 Å². The quantitative estimate of drug-likeness (QED) is 0.199. The van der Waals surface area contributed by atoms with E-state index in [1.54, 1.807) is 6.07 Å². The van der Waals surface area contributed by atoms with Crippen molar-refractivity contribution >= 4 is 54.3 Å². The van der Waals surface area contributed by atoms with Crippen LogP contribution in [-0.4, -0.2) is 0 Å². The summed E-state index contributed by atoms with van der Waals surface area (Å²) in [6.45, 7) is 0. The van der Waals surface area contributed by atoms with Crippen LogP contribution in [0.5, 0.6) is 0 Å². The van der Waals surface area contributed by atoms with Gasteiger partial charge in [-0.25, -0.2) is 0 Å². The van der Waals surface area contributed by atoms with Crippen molar-refractivity contribution in [3.63, 3.8) is 0 Å². The van der Waals surface area contributed by atoms with Gasteiger partial charge in [0.15, 0.2) is 0 Å². The van der Waals surface area contributed by atoms with Crippen LogP contribution in [0.3, 0.4) is 0 Å². The first-order valence-corrected chi connectivity index (χ1v) is 14.4. The molecule has 0 aliphatic rings. The largest absolute Gasteiger partial charge is 0.456 e. The minimum atomic E-state index is -0.244. The summed E-state index contributed by atoms with van der Waals surface area (Å²) in [6.07, 6.45) is 0. The first kappa shape index (κ1) is 20.3. The van der Waals surface area contributed by atoms with Gasteiger partial charge in [-0.2, -0.15) is 0 Å². The Balaban J connectivity index is 1.38. The molecule has 0 atom stereocenters. The van der Waals surface area contributed by atoms with Crippen molar-refractivity contribution in [3.05, 3.63) is 158 Å². The molecule has 1 nitrogen and oxygen atoms in total. The average molecular weight is 551 g/mol. The first-order chi connectivity index (χ1) is 23.0. The Hall–Kier alpha value is -5.66. The van der Waals surface area contributed by atoms with Crippen molar-refractivity contribution < 1.29 is 9.90 Å². The fraction of sp³-hybridized carbons (Fsp3) is 0. The lowest BCUT2D eigenvalue weighted by Crippen LogP contribution is -1.91. The van der Waals surface area contributed by atoms with Crippen LogP contribution in [0.15, 0.2) is 162 Å². The van der Waals surface area contributed by atoms with Crippen LogP contribution in [0.2, 0.25) is 0 Å². The van der Waals surface area contributed by atoms with Gasteiger partial charge in [-0.3, -0.25) is 0 Å². The Morgan fingerprint density at radius 3 is 1.72 bits per heavy atom. The maximum atomic E-state index is 8.65. The topological polar surface area (TPSA) is 13.1 Å². The molecule has 0 aliphatic heterocycles. The van der Waals surface area contributed by atoms with Crippen molar-refractivity contribution in [2.75, 3.05) is 0 Å². The highest BCUT2D eigenvalue weighted by Crippen LogP contribution is 2.47. The molecule has 1 aromatic heterocycles. The SMILES string of the molecule is [2H]c1c([2H])c([2H])c2cc3c(cc2c1[2H])oc1cccc(-c2c4ccccc4c(-c4cccc(-c5ccccc5)c4)c4ccccc24)c13. The number of rotatable bonds is 3. The van der Waals surface area contributed by atoms with Crippen molar-refractivity contribution in [2.24, 2.45) is 0 Å². The van der Waals surface area contributed by atoms with E-state index in [1.807, 2.05) is 24.3 Å². The zero-order valence-corrected chi connectivity index (χ0v) is 23.1. The van der Waals surface area contributed by atoms with E-state index in [4.69, 9.17) is 9.90 Å². The lowest BCUT2D eigenvalue weighted by Gasteiger charge is -2.18. The van der Waals surface area contributed by atoms with Crippen LogP contribution in [-0.2, 0) is 0 Å². The normalized spacial score (nSPS) is 13.0. The summed E-state index contributed by atoms with van der Waals surface area (Å²) in [5, 5.41) is 7.21. The summed E-state index contributed by atoms with van der Waals surface area (Å²) in [6, 6.07) is 45.5. The van der Waals surface area contributed by atoms with E-state index >= 15 is 0 Å². The van der Waals surface area contributed by atoms with E-state index < -0.39 is 0 Å². The smallest absolute Gasteiger partial charge is 0.136 e. The highest BCUT2D eigenvalue weighted by atomic mass is 16.3. The molecule has 0 amide bonds. The Labute approximate surface area is 254 Å². The third kappa shape index (κ3) is 3.72. The predicted molar refractivity (Wildman–Crippen MR) is 183 cm³/mol. The van der Waals surface area contributed by atoms with Gasteiger partial charge in [-0.15, -0.1) is 0 Å². The molecule has 0 radical (unpaired) electrons. The van der Waals surface area contributed by atoms with Gasteiger partial charge in [-0.1, -0.05) is 133 Å². The van der Waals surface area contributed by atoms with Gasteiger partial charge in [-0.05, 0) is 90.0 Å². The minimum Gasteiger partial charge on any atom is -0.456 e. The van der Waals surface area contributed by atoms with Crippen LogP contribution in [0, 0.1) is 0 Å². The molecule has 200 valence electrons. The third-order valence-electron chi connectivity index (χ3n) is 8.55. The Morgan fingerprint density at radius 2 is 1.00 bits per heavy atom. The van der Waals surface area contributed by atoms with Crippen molar-refractivity contribution in [1.29, 1.82) is 0 Å². The maximum Gasteiger partial charge on any atom is 0.136 e. The predicted octanol–water partition coefficient (Wildman–Crippen LogP) is 12.0. The van der Waals surface area contributed by atoms with Gasteiger partial charge < -0.3 is 4.42 Å². The number of furan rings is 1. The van der Waals surface area contributed by atoms with Crippen molar-refractivity contribution in [1.82, 2.24) is 0 Å². The van der Waals surface area contributed by atoms with Gasteiger partial charge in [0, 0.05) is 10.8 Å². The molecule has 0 N–H and O–H groups in total. The minimum absolute atomic E-state index is 0.0484. The number of hydrogen-bond donors (Lipinski definition) is 0. The first-order valence-electron chi connectivity index (χ1n) is 16.4. The summed E-state index contributed by atoms with van der Waals surface area (Å²) < 4.78 is 40.1. The van der Waals surface area contributed by atoms with E-state index in [1.165, 1.54) is 16.7 Å². The summed E-state index contributed by atoms with van der Waals surface area (Å²) in [5.41, 5.74) is 8.09. The summed E-state index contributed by atoms with van der Waals surface area (Å²) >= 11 is 0. The van der Waals surface area contributed by atoms with Crippen LogP contribution in [0.1, 0.15) is 5.48 Å². The van der Waals surface area contributed by atoms with Gasteiger partial charge in [0.25, 0.3) is 0 Å². The molecule has 0 saturated heterocycles. The van der Waals surface area contributed by atoms with Crippen LogP contribution in [0.4, 0.5) is 0 Å². The molecule has 0 fully saturated rings. The lowest BCUT2D eigenvalue weighted by molar-refractivity contribution is 0.669. The Morgan fingerprint density at radius 1 is 0.419 bits per heavy atom. The molecule has 1 heteroatoms. The van der Waals surface area contributed by atoms with Crippen LogP contribution in [0.25, 0.3) is 87.6 Å². The van der Waals surface area contributed by atoms with E-state index in [9.17, 15) is 0 Å². The number of fused-ring (bicyclic) bond motifs is 6. The highest BCUT2D eigenvalue weighted by molar-refractivity contribution is 6.26. The highest BCUT2D eigenvalue weighted by Gasteiger charge is 2.20. The third-order valence-corrected chi connectivity index (χ3v) is 8.55. The van der Waals surface area contributed by atoms with Gasteiger partial charge in [0.05, 0.1) is 5.48 Å². The summed E-state index contributed by atoms with van der Waals surface area (Å²) in [7, 11) is 0. The van der Waals surface area contributed by atoms with E-state index in [2.05, 4.69) is 103 Å². The molecule has 9 rings (SSSR count). The summed E-state index contributed by atoms with van der Waals surface area (Å²) in [5.74, 6) is 0. The van der Waals surface area contributed by atoms with Crippen molar-refractivity contribution in [3.8, 4) is 33.4 Å². The molecule has 9 aromatic rings. The average Bonchev–Trinajstić information content (AvgIpc) is 3.50. The standard InChI is InChI=1S/C42H26O/c1-2-12-27(13-3-1)28-16-10-17-31(24-28)40-32-18-6-8-20-34(32)41(35-21-9-7-19-33(35)40)36-22-11-23-38-42(36)37-25-29-14-4-5-15-30(29)26-39(37)43-38/h1-26H/i4D,5D,14D,15D. The number of benzene rings is 8. The fourth-order valence-electron chi connectivity index (χ4n) is 6.70. The monoisotopic (exact) mass is 550 g/mol. The second-order valence-corrected chi connectivity index (χ2v) is 11.0. The van der Waals surface area contributed by atoms with E-state index in [-0.39, 0.29) is 24.2 Å². The zero-order valence-electron chi connectivity index (χ0n) is 27.1. The molecule has 0 bridgehead atoms. The molecular weight excluding hydrogens is 520 g/mol. The molecule has 1 heterocycles.